The summed E-state index contributed by atoms with van der Waals surface area (Å²) in [7, 11) is 0. The minimum absolute atomic E-state index is 0.340. The van der Waals surface area contributed by atoms with Crippen LogP contribution in [0.5, 0.6) is 5.75 Å². The van der Waals surface area contributed by atoms with Crippen molar-refractivity contribution in [1.29, 1.82) is 5.26 Å². The fourth-order valence-corrected chi connectivity index (χ4v) is 3.15. The molecule has 0 radical (unpaired) electrons. The molecule has 0 saturated carbocycles. The van der Waals surface area contributed by atoms with Crippen LogP contribution < -0.4 is 10.1 Å². The number of carboxylic acid groups (broad SMARTS) is 1. The topological polar surface area (TPSA) is 112 Å². The molecule has 1 amide bonds. The van der Waals surface area contributed by atoms with Gasteiger partial charge in [0.2, 0.25) is 0 Å². The molecule has 2 N–H and O–H groups in total. The Morgan fingerprint density at radius 1 is 1.37 bits per heavy atom. The predicted octanol–water partition coefficient (Wildman–Crippen LogP) is 3.23. The number of carbonyl (C=O) groups is 2. The van der Waals surface area contributed by atoms with Gasteiger partial charge in [-0.3, -0.25) is 9.59 Å². The summed E-state index contributed by atoms with van der Waals surface area (Å²) in [6, 6.07) is 6.31. The van der Waals surface area contributed by atoms with E-state index < -0.39 is 17.9 Å². The van der Waals surface area contributed by atoms with Gasteiger partial charge >= 0.3 is 5.97 Å². The Kier molecular flexibility index (Phi) is 6.53. The van der Waals surface area contributed by atoms with Crippen molar-refractivity contribution in [1.82, 2.24) is 10.3 Å². The number of aromatic nitrogens is 1. The van der Waals surface area contributed by atoms with Gasteiger partial charge in [-0.05, 0) is 38.0 Å². The van der Waals surface area contributed by atoms with Crippen LogP contribution in [0, 0.1) is 24.2 Å². The van der Waals surface area contributed by atoms with Gasteiger partial charge in [0.05, 0.1) is 17.9 Å². The summed E-state index contributed by atoms with van der Waals surface area (Å²) in [6.07, 6.45) is 0. The zero-order valence-corrected chi connectivity index (χ0v) is 16.4. The Bertz CT molecular complexity index is 899. The van der Waals surface area contributed by atoms with Gasteiger partial charge in [-0.15, -0.1) is 11.3 Å². The monoisotopic (exact) mass is 387 g/mol. The van der Waals surface area contributed by atoms with E-state index in [0.29, 0.717) is 45.0 Å². The number of thiazole rings is 1. The van der Waals surface area contributed by atoms with Crippen LogP contribution in [0.4, 0.5) is 0 Å². The number of nitrogens with one attached hydrogen (secondary N) is 1. The van der Waals surface area contributed by atoms with Gasteiger partial charge in [0.15, 0.2) is 0 Å². The highest BCUT2D eigenvalue weighted by Gasteiger charge is 2.21. The van der Waals surface area contributed by atoms with Gasteiger partial charge in [0.25, 0.3) is 5.91 Å². The predicted molar refractivity (Wildman–Crippen MR) is 102 cm³/mol. The summed E-state index contributed by atoms with van der Waals surface area (Å²) in [4.78, 5) is 27.9. The van der Waals surface area contributed by atoms with Crippen molar-refractivity contribution >= 4 is 23.2 Å². The molecular formula is C19H21N3O4S. The largest absolute Gasteiger partial charge is 0.492 e. The molecule has 7 nitrogen and oxygen atoms in total. The first-order valence-corrected chi connectivity index (χ1v) is 9.23. The van der Waals surface area contributed by atoms with Crippen molar-refractivity contribution in [2.24, 2.45) is 5.92 Å². The lowest BCUT2D eigenvalue weighted by molar-refractivity contribution is -0.138. The maximum absolute atomic E-state index is 12.3. The van der Waals surface area contributed by atoms with Gasteiger partial charge < -0.3 is 15.2 Å². The number of hydrogen-bond donors (Lipinski definition) is 2. The van der Waals surface area contributed by atoms with Crippen LogP contribution in [0.15, 0.2) is 18.2 Å². The normalized spacial score (nSPS) is 11.7. The summed E-state index contributed by atoms with van der Waals surface area (Å²) in [6.45, 7) is 7.64. The second kappa shape index (κ2) is 8.64. The van der Waals surface area contributed by atoms with Crippen LogP contribution in [-0.4, -0.2) is 34.6 Å². The van der Waals surface area contributed by atoms with E-state index in [-0.39, 0.29) is 0 Å². The Balaban J connectivity index is 2.28. The van der Waals surface area contributed by atoms with E-state index in [2.05, 4.69) is 16.4 Å². The molecule has 0 spiro atoms. The number of aryl methyl sites for hydroxylation is 1. The third kappa shape index (κ3) is 5.05. The maximum atomic E-state index is 12.3. The lowest BCUT2D eigenvalue weighted by Crippen LogP contribution is -2.38. The molecule has 0 fully saturated rings. The average molecular weight is 387 g/mol. The minimum Gasteiger partial charge on any atom is -0.492 e. The van der Waals surface area contributed by atoms with Gasteiger partial charge in [0.1, 0.15) is 27.7 Å². The summed E-state index contributed by atoms with van der Waals surface area (Å²) in [5.41, 5.74) is 1.59. The highest BCUT2D eigenvalue weighted by molar-refractivity contribution is 7.17. The number of nitriles is 1. The van der Waals surface area contributed by atoms with E-state index in [4.69, 9.17) is 9.84 Å². The van der Waals surface area contributed by atoms with E-state index in [9.17, 15) is 14.9 Å². The summed E-state index contributed by atoms with van der Waals surface area (Å²) >= 11 is 1.15. The number of nitrogens with zero attached hydrogens (tertiary/aromatic N) is 2. The molecule has 142 valence electrons. The third-order valence-corrected chi connectivity index (χ3v) is 4.85. The Hall–Kier alpha value is -2.92. The Labute approximate surface area is 161 Å². The Morgan fingerprint density at radius 2 is 2.07 bits per heavy atom. The second-order valence-corrected chi connectivity index (χ2v) is 7.49. The fraction of sp³-hybridized carbons (Fsp3) is 0.368. The van der Waals surface area contributed by atoms with E-state index in [1.54, 1.807) is 25.1 Å². The minimum atomic E-state index is -1.11. The lowest BCUT2D eigenvalue weighted by Gasteiger charge is -2.10. The van der Waals surface area contributed by atoms with E-state index in [0.717, 1.165) is 11.3 Å². The van der Waals surface area contributed by atoms with Crippen LogP contribution in [0.2, 0.25) is 0 Å². The van der Waals surface area contributed by atoms with Crippen molar-refractivity contribution in [2.75, 3.05) is 6.61 Å². The SMILES string of the molecule is Cc1nc(-c2ccc(OCC(C)C)c(C#N)c2)sc1C(=O)N[C@@H](C)C(=O)O. The first kappa shape index (κ1) is 20.4. The van der Waals surface area contributed by atoms with Crippen molar-refractivity contribution in [2.45, 2.75) is 33.7 Å². The van der Waals surface area contributed by atoms with Crippen molar-refractivity contribution in [3.63, 3.8) is 0 Å². The first-order chi connectivity index (χ1) is 12.7. The van der Waals surface area contributed by atoms with E-state index in [1.165, 1.54) is 6.92 Å². The molecule has 2 aromatic rings. The molecule has 0 aliphatic rings. The molecule has 1 atom stereocenters. The average Bonchev–Trinajstić information content (AvgIpc) is 3.01. The molecule has 0 unspecified atom stereocenters. The highest BCUT2D eigenvalue weighted by atomic mass is 32.1. The number of amides is 1. The molecule has 0 aliphatic carbocycles. The highest BCUT2D eigenvalue weighted by Crippen LogP contribution is 2.31. The molecule has 27 heavy (non-hydrogen) atoms. The number of rotatable bonds is 7. The zero-order chi connectivity index (χ0) is 20.1. The smallest absolute Gasteiger partial charge is 0.325 e. The summed E-state index contributed by atoms with van der Waals surface area (Å²) in [5, 5.41) is 21.3. The third-order valence-electron chi connectivity index (χ3n) is 3.64. The summed E-state index contributed by atoms with van der Waals surface area (Å²) in [5.74, 6) is -0.742. The molecule has 8 heteroatoms. The molecule has 0 aliphatic heterocycles. The van der Waals surface area contributed by atoms with Gasteiger partial charge in [-0.25, -0.2) is 4.98 Å². The lowest BCUT2D eigenvalue weighted by atomic mass is 10.1. The zero-order valence-electron chi connectivity index (χ0n) is 15.6. The molecule has 1 heterocycles. The van der Waals surface area contributed by atoms with Crippen LogP contribution in [0.3, 0.4) is 0 Å². The van der Waals surface area contributed by atoms with Crippen LogP contribution in [0.25, 0.3) is 10.6 Å². The van der Waals surface area contributed by atoms with Gasteiger partial charge in [-0.2, -0.15) is 5.26 Å². The molecule has 0 saturated heterocycles. The maximum Gasteiger partial charge on any atom is 0.325 e. The number of benzene rings is 1. The van der Waals surface area contributed by atoms with Crippen molar-refractivity contribution in [3.8, 4) is 22.4 Å². The second-order valence-electron chi connectivity index (χ2n) is 6.49. The van der Waals surface area contributed by atoms with E-state index in [1.807, 2.05) is 13.8 Å². The fourth-order valence-electron chi connectivity index (χ4n) is 2.19. The van der Waals surface area contributed by atoms with Crippen molar-refractivity contribution in [3.05, 3.63) is 34.3 Å². The number of hydrogen-bond acceptors (Lipinski definition) is 6. The Morgan fingerprint density at radius 3 is 2.67 bits per heavy atom. The summed E-state index contributed by atoms with van der Waals surface area (Å²) < 4.78 is 5.65. The van der Waals surface area contributed by atoms with Gasteiger partial charge in [0, 0.05) is 5.56 Å². The number of carboxylic acids is 1. The number of aliphatic carboxylic acids is 1. The molecule has 0 bridgehead atoms. The molecule has 1 aromatic carbocycles. The molecule has 1 aromatic heterocycles. The molecular weight excluding hydrogens is 366 g/mol. The van der Waals surface area contributed by atoms with E-state index >= 15 is 0 Å². The first-order valence-electron chi connectivity index (χ1n) is 8.41. The number of carbonyl (C=O) groups excluding carboxylic acids is 1. The van der Waals surface area contributed by atoms with Gasteiger partial charge in [-0.1, -0.05) is 13.8 Å². The van der Waals surface area contributed by atoms with Crippen LogP contribution in [0.1, 0.15) is 41.7 Å². The molecule has 2 rings (SSSR count). The van der Waals surface area contributed by atoms with Crippen molar-refractivity contribution < 1.29 is 19.4 Å². The van der Waals surface area contributed by atoms with Crippen LogP contribution >= 0.6 is 11.3 Å². The number of ether oxygens (including phenoxy) is 1. The standard InChI is InChI=1S/C19H21N3O4S/c1-10(2)9-26-15-6-5-13(7-14(15)8-20)18-22-11(3)16(27-18)17(23)21-12(4)19(24)25/h5-7,10,12H,9H2,1-4H3,(H,21,23)(H,24,25)/t12-/m0/s1. The van der Waals surface area contributed by atoms with Crippen LogP contribution in [-0.2, 0) is 4.79 Å². The quantitative estimate of drug-likeness (QED) is 0.754.